The standard InChI is InChI=1S/C28H23NO3/c1-29(21-12-14-22(31-2)15-13-21)18-25-23(19-8-4-3-5-9-19)17-24(28(25)30)27-16-20-10-6-7-11-26(20)32-27/h3-18,24H,1-2H3/b25-18-. The average molecular weight is 421 g/mol. The number of carbonyl (C=O) groups is 1. The van der Waals surface area contributed by atoms with E-state index in [1.807, 2.05) is 109 Å². The number of nitrogens with zero attached hydrogens (tertiary/aromatic N) is 1. The van der Waals surface area contributed by atoms with Crippen molar-refractivity contribution in [2.45, 2.75) is 5.92 Å². The second-order valence-corrected chi connectivity index (χ2v) is 7.83. The first-order chi connectivity index (χ1) is 15.6. The summed E-state index contributed by atoms with van der Waals surface area (Å²) in [5, 5.41) is 0.998. The molecule has 0 saturated heterocycles. The average Bonchev–Trinajstić information content (AvgIpc) is 3.41. The SMILES string of the molecule is COc1ccc(N(C)/C=C2\C(=O)C(c3cc4ccccc4o3)C=C2c2ccccc2)cc1. The van der Waals surface area contributed by atoms with Crippen LogP contribution in [0.3, 0.4) is 0 Å². The summed E-state index contributed by atoms with van der Waals surface area (Å²) < 4.78 is 11.3. The zero-order chi connectivity index (χ0) is 22.1. The molecule has 0 radical (unpaired) electrons. The fraction of sp³-hybridized carbons (Fsp3) is 0.107. The number of anilines is 1. The minimum Gasteiger partial charge on any atom is -0.497 e. The van der Waals surface area contributed by atoms with Crippen molar-refractivity contribution in [2.75, 3.05) is 19.1 Å². The number of ketones is 1. The number of carbonyl (C=O) groups excluding carboxylic acids is 1. The van der Waals surface area contributed by atoms with Crippen molar-refractivity contribution < 1.29 is 13.9 Å². The van der Waals surface area contributed by atoms with Crippen LogP contribution in [0, 0.1) is 0 Å². The van der Waals surface area contributed by atoms with Gasteiger partial charge in [0, 0.05) is 29.9 Å². The molecule has 4 aromatic rings. The Kier molecular flexibility index (Phi) is 5.12. The maximum Gasteiger partial charge on any atom is 0.179 e. The van der Waals surface area contributed by atoms with E-state index in [2.05, 4.69) is 0 Å². The van der Waals surface area contributed by atoms with Gasteiger partial charge in [-0.1, -0.05) is 54.6 Å². The lowest BCUT2D eigenvalue weighted by molar-refractivity contribution is -0.115. The number of ether oxygens (including phenoxy) is 1. The summed E-state index contributed by atoms with van der Waals surface area (Å²) in [4.78, 5) is 15.6. The lowest BCUT2D eigenvalue weighted by Gasteiger charge is -2.17. The molecule has 1 atom stereocenters. The molecule has 32 heavy (non-hydrogen) atoms. The Morgan fingerprint density at radius 2 is 1.66 bits per heavy atom. The number of rotatable bonds is 5. The summed E-state index contributed by atoms with van der Waals surface area (Å²) in [7, 11) is 3.59. The monoisotopic (exact) mass is 421 g/mol. The molecule has 0 amide bonds. The van der Waals surface area contributed by atoms with Crippen LogP contribution in [0.25, 0.3) is 16.5 Å². The molecule has 4 nitrogen and oxygen atoms in total. The topological polar surface area (TPSA) is 42.7 Å². The minimum absolute atomic E-state index is 0.0308. The number of furan rings is 1. The van der Waals surface area contributed by atoms with Gasteiger partial charge in [0.15, 0.2) is 5.78 Å². The molecule has 1 heterocycles. The van der Waals surface area contributed by atoms with E-state index in [1.54, 1.807) is 7.11 Å². The molecule has 1 unspecified atom stereocenters. The highest BCUT2D eigenvalue weighted by Gasteiger charge is 2.34. The Balaban J connectivity index is 1.56. The van der Waals surface area contributed by atoms with Crippen LogP contribution in [-0.4, -0.2) is 19.9 Å². The van der Waals surface area contributed by atoms with Gasteiger partial charge < -0.3 is 14.1 Å². The first-order valence-electron chi connectivity index (χ1n) is 10.5. The Hall–Kier alpha value is -4.05. The van der Waals surface area contributed by atoms with Crippen molar-refractivity contribution in [1.82, 2.24) is 0 Å². The summed E-state index contributed by atoms with van der Waals surface area (Å²) in [6.07, 6.45) is 3.93. The number of allylic oxidation sites excluding steroid dienone is 3. The maximum absolute atomic E-state index is 13.6. The van der Waals surface area contributed by atoms with Gasteiger partial charge in [-0.3, -0.25) is 4.79 Å². The largest absolute Gasteiger partial charge is 0.497 e. The summed E-state index contributed by atoms with van der Waals surface area (Å²) in [6, 6.07) is 27.6. The first-order valence-corrected chi connectivity index (χ1v) is 10.5. The van der Waals surface area contributed by atoms with Gasteiger partial charge in [0.05, 0.1) is 13.0 Å². The summed E-state index contributed by atoms with van der Waals surface area (Å²) in [5.74, 6) is 1.04. The van der Waals surface area contributed by atoms with E-state index in [9.17, 15) is 4.79 Å². The van der Waals surface area contributed by atoms with E-state index in [-0.39, 0.29) is 5.78 Å². The highest BCUT2D eigenvalue weighted by atomic mass is 16.5. The van der Waals surface area contributed by atoms with Crippen LogP contribution in [0.1, 0.15) is 17.2 Å². The second-order valence-electron chi connectivity index (χ2n) is 7.83. The van der Waals surface area contributed by atoms with Gasteiger partial charge in [-0.05, 0) is 47.5 Å². The maximum atomic E-state index is 13.6. The Labute approximate surface area is 187 Å². The van der Waals surface area contributed by atoms with Crippen molar-refractivity contribution >= 4 is 28.0 Å². The lowest BCUT2D eigenvalue weighted by Crippen LogP contribution is -2.14. The molecule has 0 fully saturated rings. The lowest BCUT2D eigenvalue weighted by atomic mass is 9.99. The van der Waals surface area contributed by atoms with Crippen LogP contribution in [0.4, 0.5) is 5.69 Å². The van der Waals surface area contributed by atoms with Gasteiger partial charge in [0.25, 0.3) is 0 Å². The molecule has 5 rings (SSSR count). The Morgan fingerprint density at radius 3 is 2.38 bits per heavy atom. The molecule has 0 N–H and O–H groups in total. The van der Waals surface area contributed by atoms with Crippen LogP contribution >= 0.6 is 0 Å². The molecule has 0 saturated carbocycles. The van der Waals surface area contributed by atoms with E-state index in [1.165, 1.54) is 0 Å². The third kappa shape index (κ3) is 3.60. The van der Waals surface area contributed by atoms with Crippen molar-refractivity contribution in [3.8, 4) is 5.75 Å². The van der Waals surface area contributed by atoms with E-state index < -0.39 is 5.92 Å². The summed E-state index contributed by atoms with van der Waals surface area (Å²) >= 11 is 0. The molecule has 4 heteroatoms. The number of para-hydroxylation sites is 1. The van der Waals surface area contributed by atoms with E-state index in [0.29, 0.717) is 11.3 Å². The fourth-order valence-corrected chi connectivity index (χ4v) is 4.09. The van der Waals surface area contributed by atoms with Crippen LogP contribution in [0.5, 0.6) is 5.75 Å². The summed E-state index contributed by atoms with van der Waals surface area (Å²) in [5.41, 5.74) is 4.35. The van der Waals surface area contributed by atoms with Crippen molar-refractivity contribution in [3.05, 3.63) is 114 Å². The molecule has 1 aliphatic carbocycles. The molecular formula is C28H23NO3. The van der Waals surface area contributed by atoms with Gasteiger partial charge in [0.1, 0.15) is 17.1 Å². The van der Waals surface area contributed by atoms with Gasteiger partial charge in [0.2, 0.25) is 0 Å². The van der Waals surface area contributed by atoms with Crippen LogP contribution in [0.2, 0.25) is 0 Å². The third-order valence-electron chi connectivity index (χ3n) is 5.81. The molecule has 0 spiro atoms. The van der Waals surface area contributed by atoms with Gasteiger partial charge >= 0.3 is 0 Å². The molecule has 0 aliphatic heterocycles. The van der Waals surface area contributed by atoms with Crippen LogP contribution in [-0.2, 0) is 4.79 Å². The molecular weight excluding hydrogens is 398 g/mol. The third-order valence-corrected chi connectivity index (χ3v) is 5.81. The molecule has 1 aromatic heterocycles. The van der Waals surface area contributed by atoms with E-state index in [4.69, 9.17) is 9.15 Å². The molecule has 0 bridgehead atoms. The van der Waals surface area contributed by atoms with Gasteiger partial charge in [-0.15, -0.1) is 0 Å². The Bertz CT molecular complexity index is 1300. The summed E-state index contributed by atoms with van der Waals surface area (Å²) in [6.45, 7) is 0. The predicted molar refractivity (Wildman–Crippen MR) is 128 cm³/mol. The number of fused-ring (bicyclic) bond motifs is 1. The highest BCUT2D eigenvalue weighted by Crippen LogP contribution is 2.41. The number of benzene rings is 3. The smallest absolute Gasteiger partial charge is 0.179 e. The normalized spacial score (nSPS) is 17.1. The number of hydrogen-bond donors (Lipinski definition) is 0. The highest BCUT2D eigenvalue weighted by molar-refractivity contribution is 6.19. The molecule has 158 valence electrons. The molecule has 3 aromatic carbocycles. The van der Waals surface area contributed by atoms with Gasteiger partial charge in [-0.2, -0.15) is 0 Å². The van der Waals surface area contributed by atoms with Crippen molar-refractivity contribution in [3.63, 3.8) is 0 Å². The number of methoxy groups -OCH3 is 1. The van der Waals surface area contributed by atoms with E-state index >= 15 is 0 Å². The van der Waals surface area contributed by atoms with Crippen LogP contribution in [0.15, 0.2) is 107 Å². The van der Waals surface area contributed by atoms with Crippen molar-refractivity contribution in [1.29, 1.82) is 0 Å². The number of Topliss-reactive ketones (excluding diaryl/α,β-unsaturated/α-hetero) is 1. The zero-order valence-electron chi connectivity index (χ0n) is 18.0. The first kappa shape index (κ1) is 19.9. The van der Waals surface area contributed by atoms with E-state index in [0.717, 1.165) is 33.5 Å². The fourth-order valence-electron chi connectivity index (χ4n) is 4.09. The Morgan fingerprint density at radius 1 is 0.938 bits per heavy atom. The van der Waals surface area contributed by atoms with Gasteiger partial charge in [-0.25, -0.2) is 0 Å². The second kappa shape index (κ2) is 8.23. The zero-order valence-corrected chi connectivity index (χ0v) is 18.0. The van der Waals surface area contributed by atoms with Crippen molar-refractivity contribution in [2.24, 2.45) is 0 Å². The minimum atomic E-state index is -0.451. The predicted octanol–water partition coefficient (Wildman–Crippen LogP) is 6.21. The quantitative estimate of drug-likeness (QED) is 0.359. The number of hydrogen-bond acceptors (Lipinski definition) is 4. The molecule has 1 aliphatic rings. The van der Waals surface area contributed by atoms with Crippen LogP contribution < -0.4 is 9.64 Å².